The van der Waals surface area contributed by atoms with Crippen LogP contribution in [-0.4, -0.2) is 21.0 Å². The van der Waals surface area contributed by atoms with Crippen LogP contribution >= 0.6 is 0 Å². The van der Waals surface area contributed by atoms with Gasteiger partial charge >= 0.3 is 0 Å². The van der Waals surface area contributed by atoms with Crippen LogP contribution in [0.3, 0.4) is 0 Å². The number of nitrogens with zero attached hydrogens (tertiary/aromatic N) is 2. The smallest absolute Gasteiger partial charge is 0.229 e. The number of aryl methyl sites for hydroxylation is 2. The van der Waals surface area contributed by atoms with Crippen molar-refractivity contribution in [1.82, 2.24) is 9.97 Å². The van der Waals surface area contributed by atoms with Crippen LogP contribution in [-0.2, 0) is 30.5 Å². The minimum atomic E-state index is -0.232. The van der Waals surface area contributed by atoms with Crippen molar-refractivity contribution >= 4 is 11.7 Å². The minimum Gasteiger partial charge on any atom is -0.508 e. The molecule has 2 aliphatic rings. The molecule has 0 unspecified atom stereocenters. The largest absolute Gasteiger partial charge is 0.508 e. The van der Waals surface area contributed by atoms with Gasteiger partial charge in [0.05, 0.1) is 23.5 Å². The Morgan fingerprint density at radius 2 is 1.84 bits per heavy atom. The Balaban J connectivity index is 1.46. The van der Waals surface area contributed by atoms with Crippen LogP contribution in [0.5, 0.6) is 5.75 Å². The van der Waals surface area contributed by atoms with Crippen molar-refractivity contribution < 1.29 is 14.3 Å². The summed E-state index contributed by atoms with van der Waals surface area (Å²) in [5.74, 6) is 0.880. The average molecular weight is 432 g/mol. The summed E-state index contributed by atoms with van der Waals surface area (Å²) in [5.41, 5.74) is 5.19. The summed E-state index contributed by atoms with van der Waals surface area (Å²) in [4.78, 5) is 22.6. The molecule has 0 saturated heterocycles. The van der Waals surface area contributed by atoms with Gasteiger partial charge in [0.25, 0.3) is 0 Å². The third kappa shape index (κ3) is 4.35. The summed E-state index contributed by atoms with van der Waals surface area (Å²) in [6, 6.07) is 11.5. The van der Waals surface area contributed by atoms with E-state index >= 15 is 0 Å². The Morgan fingerprint density at radius 1 is 1.06 bits per heavy atom. The van der Waals surface area contributed by atoms with E-state index in [0.29, 0.717) is 24.6 Å². The van der Waals surface area contributed by atoms with E-state index in [-0.39, 0.29) is 23.9 Å². The standard InChI is InChI=1S/C26H26FN3O2/c27-19-8-11-21-18(15-19)7-12-22-25(21)28-23(13-16-3-1-2-4-16)26(29-22)30-24(32)14-17-5-9-20(31)10-6-17/h5-6,8-11,15-16,31H,1-4,7,12-14H2,(H,29,30,32). The maximum atomic E-state index is 13.7. The first-order chi connectivity index (χ1) is 15.5. The fourth-order valence-electron chi connectivity index (χ4n) is 4.85. The summed E-state index contributed by atoms with van der Waals surface area (Å²) in [5, 5.41) is 12.5. The first-order valence-electron chi connectivity index (χ1n) is 11.3. The molecular weight excluding hydrogens is 405 g/mol. The molecule has 2 N–H and O–H groups in total. The van der Waals surface area contributed by atoms with Gasteiger partial charge in [-0.3, -0.25) is 4.79 Å². The summed E-state index contributed by atoms with van der Waals surface area (Å²) in [6.45, 7) is 0. The van der Waals surface area contributed by atoms with Crippen LogP contribution < -0.4 is 5.32 Å². The van der Waals surface area contributed by atoms with Crippen molar-refractivity contribution in [2.45, 2.75) is 51.4 Å². The molecule has 0 bridgehead atoms. The van der Waals surface area contributed by atoms with Crippen LogP contribution in [0.1, 0.15) is 48.2 Å². The highest BCUT2D eigenvalue weighted by atomic mass is 19.1. The van der Waals surface area contributed by atoms with Crippen molar-refractivity contribution in [3.05, 3.63) is 70.8 Å². The van der Waals surface area contributed by atoms with Crippen LogP contribution in [0.15, 0.2) is 42.5 Å². The van der Waals surface area contributed by atoms with Gasteiger partial charge < -0.3 is 10.4 Å². The van der Waals surface area contributed by atoms with E-state index in [0.717, 1.165) is 40.2 Å². The number of fused-ring (bicyclic) bond motifs is 3. The molecule has 2 aliphatic carbocycles. The molecule has 2 aromatic carbocycles. The molecule has 0 aliphatic heterocycles. The van der Waals surface area contributed by atoms with Crippen molar-refractivity contribution in [1.29, 1.82) is 0 Å². The number of carbonyl (C=O) groups excluding carboxylic acids is 1. The number of phenolic OH excluding ortho intramolecular Hbond substituents is 1. The molecule has 0 spiro atoms. The molecule has 3 aromatic rings. The lowest BCUT2D eigenvalue weighted by molar-refractivity contribution is -0.115. The number of halogens is 1. The first kappa shape index (κ1) is 20.6. The highest BCUT2D eigenvalue weighted by Crippen LogP contribution is 2.35. The summed E-state index contributed by atoms with van der Waals surface area (Å²) < 4.78 is 13.7. The monoisotopic (exact) mass is 431 g/mol. The second kappa shape index (κ2) is 8.69. The zero-order valence-electron chi connectivity index (χ0n) is 17.9. The van der Waals surface area contributed by atoms with Gasteiger partial charge in [-0.1, -0.05) is 37.8 Å². The minimum absolute atomic E-state index is 0.157. The van der Waals surface area contributed by atoms with E-state index in [2.05, 4.69) is 5.32 Å². The molecule has 1 aromatic heterocycles. The van der Waals surface area contributed by atoms with E-state index in [4.69, 9.17) is 9.97 Å². The maximum absolute atomic E-state index is 13.7. The number of anilines is 1. The Hall–Kier alpha value is -3.28. The molecule has 5 nitrogen and oxygen atoms in total. The van der Waals surface area contributed by atoms with E-state index in [9.17, 15) is 14.3 Å². The van der Waals surface area contributed by atoms with Crippen LogP contribution in [0.2, 0.25) is 0 Å². The lowest BCUT2D eigenvalue weighted by Crippen LogP contribution is -2.20. The fourth-order valence-corrected chi connectivity index (χ4v) is 4.85. The summed E-state index contributed by atoms with van der Waals surface area (Å²) >= 11 is 0. The number of rotatable bonds is 5. The number of amides is 1. The van der Waals surface area contributed by atoms with Gasteiger partial charge in [0.15, 0.2) is 5.82 Å². The van der Waals surface area contributed by atoms with Crippen molar-refractivity contribution in [2.75, 3.05) is 5.32 Å². The van der Waals surface area contributed by atoms with E-state index in [1.54, 1.807) is 36.4 Å². The van der Waals surface area contributed by atoms with Gasteiger partial charge in [0.1, 0.15) is 11.6 Å². The number of aromatic hydroxyl groups is 1. The zero-order chi connectivity index (χ0) is 22.1. The van der Waals surface area contributed by atoms with Gasteiger partial charge in [0.2, 0.25) is 5.91 Å². The van der Waals surface area contributed by atoms with E-state index in [1.807, 2.05) is 0 Å². The van der Waals surface area contributed by atoms with Crippen molar-refractivity contribution in [2.24, 2.45) is 5.92 Å². The third-order valence-corrected chi connectivity index (χ3v) is 6.51. The maximum Gasteiger partial charge on any atom is 0.229 e. The second-order valence-corrected chi connectivity index (χ2v) is 8.86. The fraction of sp³-hybridized carbons (Fsp3) is 0.346. The highest BCUT2D eigenvalue weighted by Gasteiger charge is 2.25. The van der Waals surface area contributed by atoms with Crippen LogP contribution in [0, 0.1) is 11.7 Å². The average Bonchev–Trinajstić information content (AvgIpc) is 3.29. The number of benzene rings is 2. The van der Waals surface area contributed by atoms with Gasteiger partial charge in [-0.2, -0.15) is 0 Å². The number of hydrogen-bond acceptors (Lipinski definition) is 4. The normalized spacial score (nSPS) is 15.3. The van der Waals surface area contributed by atoms with Gasteiger partial charge in [-0.15, -0.1) is 0 Å². The molecule has 6 heteroatoms. The lowest BCUT2D eigenvalue weighted by Gasteiger charge is -2.22. The molecular formula is C26H26FN3O2. The van der Waals surface area contributed by atoms with E-state index in [1.165, 1.54) is 31.7 Å². The second-order valence-electron chi connectivity index (χ2n) is 8.86. The molecule has 0 radical (unpaired) electrons. The van der Waals surface area contributed by atoms with Crippen LogP contribution in [0.25, 0.3) is 11.3 Å². The molecule has 1 heterocycles. The quantitative estimate of drug-likeness (QED) is 0.596. The van der Waals surface area contributed by atoms with Crippen LogP contribution in [0.4, 0.5) is 10.2 Å². The van der Waals surface area contributed by atoms with Crippen molar-refractivity contribution in [3.63, 3.8) is 0 Å². The Labute approximate surface area is 186 Å². The first-order valence-corrected chi connectivity index (χ1v) is 11.3. The Morgan fingerprint density at radius 3 is 2.62 bits per heavy atom. The van der Waals surface area contributed by atoms with Gasteiger partial charge in [-0.05, 0) is 66.6 Å². The predicted molar refractivity (Wildman–Crippen MR) is 121 cm³/mol. The number of carbonyl (C=O) groups is 1. The molecule has 5 rings (SSSR count). The van der Waals surface area contributed by atoms with E-state index < -0.39 is 0 Å². The Kier molecular flexibility index (Phi) is 5.60. The van der Waals surface area contributed by atoms with Gasteiger partial charge in [-0.25, -0.2) is 14.4 Å². The number of phenols is 1. The molecule has 164 valence electrons. The lowest BCUT2D eigenvalue weighted by atomic mass is 9.91. The predicted octanol–water partition coefficient (Wildman–Crippen LogP) is 5.00. The molecule has 1 amide bonds. The zero-order valence-corrected chi connectivity index (χ0v) is 17.9. The molecule has 1 fully saturated rings. The molecule has 0 atom stereocenters. The number of hydrogen-bond donors (Lipinski definition) is 2. The summed E-state index contributed by atoms with van der Waals surface area (Å²) in [6.07, 6.45) is 7.15. The SMILES string of the molecule is O=C(Cc1ccc(O)cc1)Nc1nc2c(nc1CC1CCCC1)-c1ccc(F)cc1CC2. The molecule has 1 saturated carbocycles. The van der Waals surface area contributed by atoms with Crippen molar-refractivity contribution in [3.8, 4) is 17.0 Å². The number of nitrogens with one attached hydrogen (secondary N) is 1. The molecule has 32 heavy (non-hydrogen) atoms. The third-order valence-electron chi connectivity index (χ3n) is 6.51. The highest BCUT2D eigenvalue weighted by molar-refractivity contribution is 5.92. The van der Waals surface area contributed by atoms with Gasteiger partial charge in [0, 0.05) is 5.56 Å². The summed E-state index contributed by atoms with van der Waals surface area (Å²) in [7, 11) is 0. The topological polar surface area (TPSA) is 75.1 Å². The number of aromatic nitrogens is 2. The Bertz CT molecular complexity index is 1150.